The van der Waals surface area contributed by atoms with Crippen molar-refractivity contribution in [3.05, 3.63) is 29.2 Å². The summed E-state index contributed by atoms with van der Waals surface area (Å²) in [5.74, 6) is 0.301. The molecule has 4 rings (SSSR count). The number of fused-ring (bicyclic) bond motifs is 1. The molecular formula is C17H19F3N4O. The summed E-state index contributed by atoms with van der Waals surface area (Å²) in [5, 5.41) is 4.19. The van der Waals surface area contributed by atoms with Gasteiger partial charge in [0.1, 0.15) is 5.69 Å². The van der Waals surface area contributed by atoms with Gasteiger partial charge in [0.2, 0.25) is 5.91 Å². The van der Waals surface area contributed by atoms with E-state index in [-0.39, 0.29) is 23.4 Å². The van der Waals surface area contributed by atoms with Crippen LogP contribution in [0.3, 0.4) is 0 Å². The predicted molar refractivity (Wildman–Crippen MR) is 84.0 cm³/mol. The third-order valence-electron chi connectivity index (χ3n) is 5.00. The van der Waals surface area contributed by atoms with Crippen LogP contribution in [-0.2, 0) is 17.4 Å². The van der Waals surface area contributed by atoms with Gasteiger partial charge in [-0.25, -0.2) is 9.50 Å². The fourth-order valence-corrected chi connectivity index (χ4v) is 3.42. The zero-order valence-electron chi connectivity index (χ0n) is 13.9. The van der Waals surface area contributed by atoms with Gasteiger partial charge in [-0.2, -0.15) is 18.3 Å². The monoisotopic (exact) mass is 352 g/mol. The van der Waals surface area contributed by atoms with Crippen molar-refractivity contribution in [1.82, 2.24) is 19.5 Å². The molecule has 0 aromatic carbocycles. The Balaban J connectivity index is 1.66. The number of amides is 1. The molecule has 1 saturated carbocycles. The molecule has 134 valence electrons. The average Bonchev–Trinajstić information content (AvgIpc) is 3.14. The van der Waals surface area contributed by atoms with Gasteiger partial charge in [-0.1, -0.05) is 6.92 Å². The van der Waals surface area contributed by atoms with Crippen molar-refractivity contribution >= 4 is 11.6 Å². The summed E-state index contributed by atoms with van der Waals surface area (Å²) in [6.07, 6.45) is -1.43. The van der Waals surface area contributed by atoms with E-state index in [1.165, 1.54) is 0 Å². The van der Waals surface area contributed by atoms with Crippen molar-refractivity contribution < 1.29 is 18.0 Å². The van der Waals surface area contributed by atoms with E-state index in [0.717, 1.165) is 29.8 Å². The van der Waals surface area contributed by atoms with Crippen molar-refractivity contribution in [1.29, 1.82) is 0 Å². The Morgan fingerprint density at radius 2 is 2.04 bits per heavy atom. The maximum atomic E-state index is 13.3. The highest BCUT2D eigenvalue weighted by Crippen LogP contribution is 2.36. The van der Waals surface area contributed by atoms with Crippen LogP contribution in [0.2, 0.25) is 0 Å². The lowest BCUT2D eigenvalue weighted by Crippen LogP contribution is -2.29. The van der Waals surface area contributed by atoms with E-state index in [1.807, 2.05) is 4.90 Å². The number of rotatable bonds is 3. The minimum atomic E-state index is -4.49. The number of hydrogen-bond acceptors (Lipinski definition) is 3. The number of hydrogen-bond donors (Lipinski definition) is 0. The number of aromatic nitrogens is 3. The lowest BCUT2D eigenvalue weighted by molar-refractivity contribution is -0.142. The van der Waals surface area contributed by atoms with Gasteiger partial charge < -0.3 is 4.90 Å². The molecule has 2 fully saturated rings. The van der Waals surface area contributed by atoms with E-state index >= 15 is 0 Å². The molecular weight excluding hydrogens is 333 g/mol. The lowest BCUT2D eigenvalue weighted by atomic mass is 10.1. The van der Waals surface area contributed by atoms with Crippen molar-refractivity contribution in [3.8, 4) is 0 Å². The first-order chi connectivity index (χ1) is 11.9. The van der Waals surface area contributed by atoms with E-state index in [9.17, 15) is 18.0 Å². The number of halogens is 3. The second kappa shape index (κ2) is 5.71. The van der Waals surface area contributed by atoms with Crippen LogP contribution < -0.4 is 0 Å². The van der Waals surface area contributed by atoms with E-state index in [2.05, 4.69) is 10.1 Å². The van der Waals surface area contributed by atoms with Gasteiger partial charge in [0.25, 0.3) is 0 Å². The van der Waals surface area contributed by atoms with Crippen LogP contribution in [0.4, 0.5) is 13.2 Å². The maximum Gasteiger partial charge on any atom is 0.433 e. The molecule has 1 aliphatic carbocycles. The summed E-state index contributed by atoms with van der Waals surface area (Å²) in [6.45, 7) is 2.95. The van der Waals surface area contributed by atoms with Crippen molar-refractivity contribution in [2.45, 2.75) is 44.7 Å². The zero-order valence-corrected chi connectivity index (χ0v) is 13.9. The highest BCUT2D eigenvalue weighted by atomic mass is 19.4. The molecule has 1 aliphatic heterocycles. The molecule has 8 heteroatoms. The van der Waals surface area contributed by atoms with Gasteiger partial charge >= 0.3 is 6.18 Å². The summed E-state index contributed by atoms with van der Waals surface area (Å²) < 4.78 is 40.9. The highest BCUT2D eigenvalue weighted by Gasteiger charge is 2.38. The van der Waals surface area contributed by atoms with Crippen molar-refractivity contribution in [2.24, 2.45) is 5.92 Å². The van der Waals surface area contributed by atoms with Gasteiger partial charge in [-0.15, -0.1) is 0 Å². The first kappa shape index (κ1) is 16.4. The molecule has 1 unspecified atom stereocenters. The van der Waals surface area contributed by atoms with Gasteiger partial charge in [0, 0.05) is 36.7 Å². The minimum Gasteiger partial charge on any atom is -0.342 e. The smallest absolute Gasteiger partial charge is 0.342 e. The summed E-state index contributed by atoms with van der Waals surface area (Å²) in [4.78, 5) is 18.3. The number of carbonyl (C=O) groups excluding carboxylic acids is 1. The molecule has 2 aromatic heterocycles. The van der Waals surface area contributed by atoms with Crippen molar-refractivity contribution in [2.75, 3.05) is 13.1 Å². The Kier molecular flexibility index (Phi) is 3.73. The van der Waals surface area contributed by atoms with Crippen LogP contribution in [0.1, 0.15) is 49.2 Å². The van der Waals surface area contributed by atoms with Crippen LogP contribution in [0.25, 0.3) is 5.65 Å². The second-order valence-electron chi connectivity index (χ2n) is 6.87. The topological polar surface area (TPSA) is 50.5 Å². The first-order valence-corrected chi connectivity index (χ1v) is 8.62. The van der Waals surface area contributed by atoms with Crippen LogP contribution in [0.5, 0.6) is 0 Å². The molecule has 0 bridgehead atoms. The Morgan fingerprint density at radius 1 is 1.28 bits per heavy atom. The maximum absolute atomic E-state index is 13.3. The fraction of sp³-hybridized carbons (Fsp3) is 0.588. The normalized spacial score (nSPS) is 21.3. The minimum absolute atomic E-state index is 0.0319. The summed E-state index contributed by atoms with van der Waals surface area (Å²) >= 11 is 0. The van der Waals surface area contributed by atoms with Gasteiger partial charge in [-0.05, 0) is 31.7 Å². The van der Waals surface area contributed by atoms with Gasteiger partial charge in [0.05, 0.1) is 5.69 Å². The molecule has 25 heavy (non-hydrogen) atoms. The van der Waals surface area contributed by atoms with Crippen LogP contribution in [0, 0.1) is 5.92 Å². The summed E-state index contributed by atoms with van der Waals surface area (Å²) in [5.41, 5.74) is 0.388. The molecule has 2 aliphatic rings. The van der Waals surface area contributed by atoms with E-state index in [4.69, 9.17) is 0 Å². The Morgan fingerprint density at radius 3 is 2.68 bits per heavy atom. The molecule has 1 amide bonds. The SMILES string of the molecule is CCc1cc(C(F)(F)F)n2nc(C3CCN(C(=O)C4CC4)C3)cc2n1. The van der Waals surface area contributed by atoms with E-state index in [1.54, 1.807) is 13.0 Å². The summed E-state index contributed by atoms with van der Waals surface area (Å²) in [6, 6.07) is 2.69. The van der Waals surface area contributed by atoms with Crippen LogP contribution >= 0.6 is 0 Å². The fourth-order valence-electron chi connectivity index (χ4n) is 3.42. The molecule has 0 spiro atoms. The molecule has 1 saturated heterocycles. The summed E-state index contributed by atoms with van der Waals surface area (Å²) in [7, 11) is 0. The van der Waals surface area contributed by atoms with Crippen molar-refractivity contribution in [3.63, 3.8) is 0 Å². The Bertz CT molecular complexity index is 825. The van der Waals surface area contributed by atoms with E-state index in [0.29, 0.717) is 30.9 Å². The number of aryl methyl sites for hydroxylation is 1. The predicted octanol–water partition coefficient (Wildman–Crippen LogP) is 3.04. The molecule has 1 atom stereocenters. The molecule has 2 aromatic rings. The average molecular weight is 352 g/mol. The zero-order chi connectivity index (χ0) is 17.8. The Hall–Kier alpha value is -2.12. The quantitative estimate of drug-likeness (QED) is 0.853. The van der Waals surface area contributed by atoms with E-state index < -0.39 is 11.9 Å². The second-order valence-corrected chi connectivity index (χ2v) is 6.87. The lowest BCUT2D eigenvalue weighted by Gasteiger charge is -2.15. The molecule has 5 nitrogen and oxygen atoms in total. The number of likely N-dealkylation sites (tertiary alicyclic amines) is 1. The number of carbonyl (C=O) groups is 1. The molecule has 3 heterocycles. The third kappa shape index (κ3) is 2.98. The largest absolute Gasteiger partial charge is 0.433 e. The molecule has 0 radical (unpaired) electrons. The number of alkyl halides is 3. The Labute approximate surface area is 142 Å². The number of nitrogens with zero attached hydrogens (tertiary/aromatic N) is 4. The van der Waals surface area contributed by atoms with Crippen LogP contribution in [0.15, 0.2) is 12.1 Å². The molecule has 0 N–H and O–H groups in total. The van der Waals surface area contributed by atoms with Gasteiger partial charge in [-0.3, -0.25) is 4.79 Å². The van der Waals surface area contributed by atoms with Crippen LogP contribution in [-0.4, -0.2) is 38.5 Å². The third-order valence-corrected chi connectivity index (χ3v) is 5.00. The van der Waals surface area contributed by atoms with Gasteiger partial charge in [0.15, 0.2) is 5.65 Å². The standard InChI is InChI=1S/C17H19F3N4O/c1-2-12-7-14(17(18,19)20)24-15(21-12)8-13(22-24)11-5-6-23(9-11)16(25)10-3-4-10/h7-8,10-11H,2-6,9H2,1H3. The highest BCUT2D eigenvalue weighted by molar-refractivity contribution is 5.81. The first-order valence-electron chi connectivity index (χ1n) is 8.62.